The van der Waals surface area contributed by atoms with Crippen molar-refractivity contribution < 1.29 is 0 Å². The summed E-state index contributed by atoms with van der Waals surface area (Å²) in [6.45, 7) is 0. The average molecular weight is 385 g/mol. The van der Waals surface area contributed by atoms with E-state index in [1.165, 1.54) is 80.6 Å². The standard InChI is InChI=1S/C24H30ClP/c25-23-18-10-17-22(19-11-4-1-5-12-19)24(23)26(20-13-6-2-7-14-20)21-15-8-3-9-16-21/h1,4-5,10-12,17-18,20-21H,2-3,6-9,13-16H2. The second-order valence-electron chi connectivity index (χ2n) is 7.99. The van der Waals surface area contributed by atoms with E-state index in [0.717, 1.165) is 16.3 Å². The van der Waals surface area contributed by atoms with E-state index >= 15 is 0 Å². The van der Waals surface area contributed by atoms with Crippen molar-refractivity contribution in [3.8, 4) is 11.1 Å². The molecule has 2 heteroatoms. The molecule has 0 N–H and O–H groups in total. The first-order chi connectivity index (χ1) is 12.8. The Morgan fingerprint density at radius 3 is 1.81 bits per heavy atom. The Balaban J connectivity index is 1.79. The first-order valence-corrected chi connectivity index (χ1v) is 12.3. The molecule has 138 valence electrons. The Labute approximate surface area is 165 Å². The molecule has 2 aliphatic rings. The molecule has 0 aromatic heterocycles. The van der Waals surface area contributed by atoms with Crippen molar-refractivity contribution in [2.24, 2.45) is 0 Å². The molecule has 2 saturated carbocycles. The van der Waals surface area contributed by atoms with Crippen LogP contribution in [0.3, 0.4) is 0 Å². The van der Waals surface area contributed by atoms with Crippen LogP contribution in [0.2, 0.25) is 5.02 Å². The van der Waals surface area contributed by atoms with Gasteiger partial charge in [-0.3, -0.25) is 0 Å². The molecule has 0 atom stereocenters. The maximum atomic E-state index is 6.93. The second-order valence-corrected chi connectivity index (χ2v) is 11.1. The fourth-order valence-electron chi connectivity index (χ4n) is 5.01. The zero-order valence-corrected chi connectivity index (χ0v) is 17.3. The van der Waals surface area contributed by atoms with Crippen molar-refractivity contribution in [2.45, 2.75) is 75.5 Å². The summed E-state index contributed by atoms with van der Waals surface area (Å²) >= 11 is 6.93. The van der Waals surface area contributed by atoms with Crippen LogP contribution in [-0.2, 0) is 0 Å². The maximum Gasteiger partial charge on any atom is 0.0489 e. The van der Waals surface area contributed by atoms with Crippen molar-refractivity contribution in [3.05, 3.63) is 53.6 Å². The summed E-state index contributed by atoms with van der Waals surface area (Å²) in [5, 5.41) is 2.54. The molecule has 2 aliphatic carbocycles. The van der Waals surface area contributed by atoms with Gasteiger partial charge in [0.1, 0.15) is 0 Å². The lowest BCUT2D eigenvalue weighted by molar-refractivity contribution is 0.487. The highest BCUT2D eigenvalue weighted by atomic mass is 35.5. The highest BCUT2D eigenvalue weighted by Gasteiger charge is 2.34. The molecular weight excluding hydrogens is 355 g/mol. The topological polar surface area (TPSA) is 0 Å². The highest BCUT2D eigenvalue weighted by molar-refractivity contribution is 7.67. The minimum absolute atomic E-state index is 0.189. The fraction of sp³-hybridized carbons (Fsp3) is 0.500. The highest BCUT2D eigenvalue weighted by Crippen LogP contribution is 2.57. The van der Waals surface area contributed by atoms with Gasteiger partial charge in [-0.1, -0.05) is 101 Å². The number of benzene rings is 2. The van der Waals surface area contributed by atoms with Gasteiger partial charge in [-0.2, -0.15) is 0 Å². The third kappa shape index (κ3) is 4.02. The number of hydrogen-bond acceptors (Lipinski definition) is 0. The fourth-order valence-corrected chi connectivity index (χ4v) is 9.45. The van der Waals surface area contributed by atoms with Gasteiger partial charge in [-0.05, 0) is 54.2 Å². The van der Waals surface area contributed by atoms with Gasteiger partial charge in [0.25, 0.3) is 0 Å². The molecule has 0 radical (unpaired) electrons. The molecule has 0 aliphatic heterocycles. The Kier molecular flexibility index (Phi) is 6.34. The third-order valence-electron chi connectivity index (χ3n) is 6.27. The van der Waals surface area contributed by atoms with Crippen LogP contribution in [0.25, 0.3) is 11.1 Å². The van der Waals surface area contributed by atoms with E-state index in [1.807, 2.05) is 0 Å². The summed E-state index contributed by atoms with van der Waals surface area (Å²) in [5.74, 6) is 0. The van der Waals surface area contributed by atoms with Crippen molar-refractivity contribution in [1.29, 1.82) is 0 Å². The van der Waals surface area contributed by atoms with E-state index in [1.54, 1.807) is 0 Å². The van der Waals surface area contributed by atoms with E-state index in [-0.39, 0.29) is 7.92 Å². The number of rotatable bonds is 4. The van der Waals surface area contributed by atoms with Gasteiger partial charge in [-0.25, -0.2) is 0 Å². The van der Waals surface area contributed by atoms with Crippen LogP contribution in [0, 0.1) is 0 Å². The minimum Gasteiger partial charge on any atom is -0.0836 e. The van der Waals surface area contributed by atoms with Gasteiger partial charge >= 0.3 is 0 Å². The van der Waals surface area contributed by atoms with E-state index < -0.39 is 0 Å². The molecule has 2 aromatic carbocycles. The van der Waals surface area contributed by atoms with Crippen molar-refractivity contribution in [1.82, 2.24) is 0 Å². The Hall–Kier alpha value is -0.840. The SMILES string of the molecule is Clc1cccc(-c2ccccc2)c1P(C1CCCCC1)C1CCCCC1. The molecule has 2 fully saturated rings. The molecule has 26 heavy (non-hydrogen) atoms. The van der Waals surface area contributed by atoms with E-state index in [2.05, 4.69) is 48.5 Å². The van der Waals surface area contributed by atoms with E-state index in [0.29, 0.717) is 0 Å². The Morgan fingerprint density at radius 1 is 0.654 bits per heavy atom. The zero-order valence-electron chi connectivity index (χ0n) is 15.7. The summed E-state index contributed by atoms with van der Waals surface area (Å²) in [7, 11) is -0.189. The van der Waals surface area contributed by atoms with Gasteiger partial charge in [0.05, 0.1) is 0 Å². The van der Waals surface area contributed by atoms with Crippen LogP contribution >= 0.6 is 19.5 Å². The molecule has 0 spiro atoms. The number of hydrogen-bond donors (Lipinski definition) is 0. The quantitative estimate of drug-likeness (QED) is 0.472. The predicted octanol–water partition coefficient (Wildman–Crippen LogP) is 7.78. The molecule has 4 rings (SSSR count). The van der Waals surface area contributed by atoms with Crippen LogP contribution in [0.15, 0.2) is 48.5 Å². The summed E-state index contributed by atoms with van der Waals surface area (Å²) < 4.78 is 0. The van der Waals surface area contributed by atoms with E-state index in [4.69, 9.17) is 11.6 Å². The lowest BCUT2D eigenvalue weighted by atomic mass is 9.99. The molecule has 0 heterocycles. The van der Waals surface area contributed by atoms with Gasteiger partial charge in [0, 0.05) is 10.3 Å². The first kappa shape index (κ1) is 18.5. The smallest absolute Gasteiger partial charge is 0.0489 e. The molecular formula is C24H30ClP. The maximum absolute atomic E-state index is 6.93. The first-order valence-electron chi connectivity index (χ1n) is 10.5. The largest absolute Gasteiger partial charge is 0.0836 e. The monoisotopic (exact) mass is 384 g/mol. The predicted molar refractivity (Wildman–Crippen MR) is 117 cm³/mol. The molecule has 0 unspecified atom stereocenters. The minimum atomic E-state index is -0.189. The summed E-state index contributed by atoms with van der Waals surface area (Å²) in [6.07, 6.45) is 14.2. The lowest BCUT2D eigenvalue weighted by Crippen LogP contribution is -2.27. The van der Waals surface area contributed by atoms with Crippen LogP contribution in [0.4, 0.5) is 0 Å². The Morgan fingerprint density at radius 2 is 1.23 bits per heavy atom. The van der Waals surface area contributed by atoms with Crippen LogP contribution < -0.4 is 5.30 Å². The third-order valence-corrected chi connectivity index (χ3v) is 10.3. The normalized spacial score (nSPS) is 19.8. The van der Waals surface area contributed by atoms with E-state index in [9.17, 15) is 0 Å². The molecule has 0 amide bonds. The summed E-state index contributed by atoms with van der Waals surface area (Å²) in [4.78, 5) is 0. The van der Waals surface area contributed by atoms with Crippen molar-refractivity contribution in [3.63, 3.8) is 0 Å². The second kappa shape index (κ2) is 8.90. The average Bonchev–Trinajstić information content (AvgIpc) is 2.72. The van der Waals surface area contributed by atoms with Crippen LogP contribution in [0.5, 0.6) is 0 Å². The Bertz CT molecular complexity index is 681. The van der Waals surface area contributed by atoms with Crippen LogP contribution in [-0.4, -0.2) is 11.3 Å². The van der Waals surface area contributed by atoms with Crippen LogP contribution in [0.1, 0.15) is 64.2 Å². The van der Waals surface area contributed by atoms with Gasteiger partial charge in [0.2, 0.25) is 0 Å². The van der Waals surface area contributed by atoms with Crippen molar-refractivity contribution in [2.75, 3.05) is 0 Å². The zero-order chi connectivity index (χ0) is 17.8. The van der Waals surface area contributed by atoms with Gasteiger partial charge < -0.3 is 0 Å². The lowest BCUT2D eigenvalue weighted by Gasteiger charge is -2.40. The van der Waals surface area contributed by atoms with Gasteiger partial charge in [0.15, 0.2) is 0 Å². The summed E-state index contributed by atoms with van der Waals surface area (Å²) in [5.41, 5.74) is 4.50. The van der Waals surface area contributed by atoms with Gasteiger partial charge in [-0.15, -0.1) is 0 Å². The molecule has 0 nitrogen and oxygen atoms in total. The molecule has 0 saturated heterocycles. The molecule has 0 bridgehead atoms. The molecule has 2 aromatic rings. The number of halogens is 1. The van der Waals surface area contributed by atoms with Crippen molar-refractivity contribution >= 4 is 24.8 Å². The summed E-state index contributed by atoms with van der Waals surface area (Å²) in [6, 6.07) is 17.5.